The standard InChI is InChI=1S/C35H44N4O11S2/c1-21-18-34(2,3)38(12-7-13-51(43,44)45)27-16-29-25(14-23(21)27)36-26-15-24-22(20-52(46,47)48)19-35(4,5)37(28(24)17-30(26)49-29)11-6-8-33(42)50-39-31(40)9-10-32(39)41/h14-17,21-22H,6-13,18-20H2,1-5H3,(H-,43,44,45,46,47,48)/p-1. The molecule has 2 aromatic rings. The highest BCUT2D eigenvalue weighted by atomic mass is 32.2. The van der Waals surface area contributed by atoms with E-state index in [4.69, 9.17) is 14.6 Å². The normalized spacial score (nSPS) is 21.8. The molecule has 0 aromatic heterocycles. The van der Waals surface area contributed by atoms with Crippen LogP contribution in [0.15, 0.2) is 29.3 Å². The first kappa shape index (κ1) is 37.8. The Bertz CT molecular complexity index is 2180. The smallest absolute Gasteiger partial charge is 0.333 e. The highest BCUT2D eigenvalue weighted by Gasteiger charge is 2.42. The molecule has 1 saturated heterocycles. The molecule has 4 aliphatic rings. The number of anilines is 1. The van der Waals surface area contributed by atoms with Crippen molar-refractivity contribution in [2.45, 2.75) is 102 Å². The first-order valence-corrected chi connectivity index (χ1v) is 20.5. The number of hydroxylamine groups is 2. The number of carbonyl (C=O) groups excluding carboxylic acids is 3. The number of imide groups is 1. The molecular weight excluding hydrogens is 717 g/mol. The van der Waals surface area contributed by atoms with Gasteiger partial charge in [0, 0.05) is 72.5 Å². The number of amides is 2. The molecule has 15 nitrogen and oxygen atoms in total. The predicted octanol–water partition coefficient (Wildman–Crippen LogP) is 2.46. The molecule has 52 heavy (non-hydrogen) atoms. The molecule has 4 aliphatic heterocycles. The van der Waals surface area contributed by atoms with Gasteiger partial charge >= 0.3 is 5.97 Å². The van der Waals surface area contributed by atoms with Crippen LogP contribution < -0.4 is 24.9 Å². The largest absolute Gasteiger partial charge is 0.748 e. The molecule has 1 fully saturated rings. The molecule has 2 atom stereocenters. The van der Waals surface area contributed by atoms with E-state index in [1.54, 1.807) is 12.1 Å². The number of hydrogen-bond donors (Lipinski definition) is 0. The summed E-state index contributed by atoms with van der Waals surface area (Å²) < 4.78 is 78.8. The Morgan fingerprint density at radius 2 is 1.65 bits per heavy atom. The fourth-order valence-corrected chi connectivity index (χ4v) is 9.47. The number of rotatable bonds is 11. The molecule has 0 radical (unpaired) electrons. The first-order valence-electron chi connectivity index (χ1n) is 17.4. The van der Waals surface area contributed by atoms with Crippen molar-refractivity contribution in [1.82, 2.24) is 9.64 Å². The van der Waals surface area contributed by atoms with Crippen molar-refractivity contribution in [3.05, 3.63) is 46.1 Å². The van der Waals surface area contributed by atoms with Crippen LogP contribution in [-0.2, 0) is 39.5 Å². The molecular formula is C35H43N4O11S2-. The summed E-state index contributed by atoms with van der Waals surface area (Å²) in [7, 11) is -8.98. The van der Waals surface area contributed by atoms with Gasteiger partial charge in [0.1, 0.15) is 17.6 Å². The Morgan fingerprint density at radius 3 is 2.31 bits per heavy atom. The third-order valence-electron chi connectivity index (χ3n) is 10.4. The third-order valence-corrected chi connectivity index (χ3v) is 12.0. The van der Waals surface area contributed by atoms with Crippen molar-refractivity contribution < 1.29 is 49.9 Å². The molecule has 282 valence electrons. The second-order valence-electron chi connectivity index (χ2n) is 15.4. The van der Waals surface area contributed by atoms with Gasteiger partial charge in [-0.25, -0.2) is 31.2 Å². The summed E-state index contributed by atoms with van der Waals surface area (Å²) in [6, 6.07) is 7.36. The van der Waals surface area contributed by atoms with Crippen molar-refractivity contribution in [3.8, 4) is 11.5 Å². The SMILES string of the molecule is CC1CC(C)(C)N(CCCS(=O)(=O)[O-])c2cc3c(cc21)N=c1cc2c(cc1O3)=[N+](CCCC(=O)ON1C(=O)CCC1=O)C(C)(C)CC2CS(=O)(=O)[O-]. The Labute approximate surface area is 302 Å². The van der Waals surface area contributed by atoms with Gasteiger partial charge in [-0.15, -0.1) is 5.06 Å². The zero-order chi connectivity index (χ0) is 38.0. The van der Waals surface area contributed by atoms with Crippen LogP contribution in [0, 0.1) is 0 Å². The lowest BCUT2D eigenvalue weighted by atomic mass is 9.79. The van der Waals surface area contributed by atoms with Crippen LogP contribution in [0.25, 0.3) is 0 Å². The van der Waals surface area contributed by atoms with Crippen LogP contribution in [0.5, 0.6) is 11.5 Å². The number of ether oxygens (including phenoxy) is 1. The second kappa shape index (κ2) is 13.5. The number of fused-ring (bicyclic) bond motifs is 4. The van der Waals surface area contributed by atoms with E-state index in [0.717, 1.165) is 17.7 Å². The van der Waals surface area contributed by atoms with Crippen LogP contribution in [-0.4, -0.2) is 84.5 Å². The lowest BCUT2D eigenvalue weighted by Crippen LogP contribution is -2.54. The summed E-state index contributed by atoms with van der Waals surface area (Å²) >= 11 is 0. The van der Waals surface area contributed by atoms with Crippen LogP contribution in [0.3, 0.4) is 0 Å². The summed E-state index contributed by atoms with van der Waals surface area (Å²) in [5.41, 5.74) is 2.02. The fraction of sp³-hybridized carbons (Fsp3) is 0.571. The fourth-order valence-electron chi connectivity index (χ4n) is 8.20. The Hall–Kier alpha value is -3.93. The van der Waals surface area contributed by atoms with E-state index in [9.17, 15) is 40.3 Å². The summed E-state index contributed by atoms with van der Waals surface area (Å²) in [4.78, 5) is 48.4. The maximum absolute atomic E-state index is 12.6. The average molecular weight is 760 g/mol. The number of hydrogen-bond acceptors (Lipinski definition) is 13. The van der Waals surface area contributed by atoms with E-state index in [0.29, 0.717) is 58.0 Å². The maximum Gasteiger partial charge on any atom is 0.333 e. The topological polar surface area (TPSA) is 206 Å². The minimum Gasteiger partial charge on any atom is -0.748 e. The number of nitrogens with zero attached hydrogens (tertiary/aromatic N) is 4. The lowest BCUT2D eigenvalue weighted by Gasteiger charge is -2.48. The third kappa shape index (κ3) is 7.87. The van der Waals surface area contributed by atoms with Gasteiger partial charge in [0.15, 0.2) is 17.0 Å². The molecule has 4 heterocycles. The van der Waals surface area contributed by atoms with E-state index < -0.39 is 61.0 Å². The summed E-state index contributed by atoms with van der Waals surface area (Å²) in [6.07, 6.45) is 1.41. The zero-order valence-electron chi connectivity index (χ0n) is 29.8. The van der Waals surface area contributed by atoms with Crippen LogP contribution >= 0.6 is 0 Å². The molecule has 2 aromatic carbocycles. The van der Waals surface area contributed by atoms with Gasteiger partial charge in [0.2, 0.25) is 5.36 Å². The molecule has 2 amide bonds. The van der Waals surface area contributed by atoms with Gasteiger partial charge in [-0.05, 0) is 64.2 Å². The van der Waals surface area contributed by atoms with Crippen LogP contribution in [0.4, 0.5) is 11.4 Å². The van der Waals surface area contributed by atoms with E-state index in [2.05, 4.69) is 25.7 Å². The summed E-state index contributed by atoms with van der Waals surface area (Å²) in [5.74, 6) is -2.60. The van der Waals surface area contributed by atoms with Crippen molar-refractivity contribution in [2.75, 3.05) is 29.5 Å². The molecule has 0 spiro atoms. The van der Waals surface area contributed by atoms with Gasteiger partial charge in [-0.2, -0.15) is 0 Å². The summed E-state index contributed by atoms with van der Waals surface area (Å²) in [6.45, 7) is 10.8. The minimum atomic E-state index is -4.61. The number of carbonyl (C=O) groups is 3. The Balaban J connectivity index is 1.38. The highest BCUT2D eigenvalue weighted by Crippen LogP contribution is 2.49. The molecule has 6 rings (SSSR count). The molecule has 0 aliphatic carbocycles. The van der Waals surface area contributed by atoms with Gasteiger partial charge in [-0.1, -0.05) is 6.92 Å². The average Bonchev–Trinajstić information content (AvgIpc) is 3.32. The first-order chi connectivity index (χ1) is 24.1. The second-order valence-corrected chi connectivity index (χ2v) is 18.4. The Kier molecular flexibility index (Phi) is 9.81. The van der Waals surface area contributed by atoms with Crippen molar-refractivity contribution in [1.29, 1.82) is 0 Å². The minimum absolute atomic E-state index is 0.0128. The quantitative estimate of drug-likeness (QED) is 0.157. The number of benzene rings is 2. The highest BCUT2D eigenvalue weighted by molar-refractivity contribution is 7.85. The molecule has 0 N–H and O–H groups in total. The van der Waals surface area contributed by atoms with E-state index in [-0.39, 0.29) is 43.6 Å². The molecule has 0 saturated carbocycles. The summed E-state index contributed by atoms with van der Waals surface area (Å²) in [5, 5.41) is 1.59. The molecule has 0 bridgehead atoms. The zero-order valence-corrected chi connectivity index (χ0v) is 31.5. The maximum atomic E-state index is 12.6. The van der Waals surface area contributed by atoms with Crippen LogP contribution in [0.2, 0.25) is 0 Å². The van der Waals surface area contributed by atoms with Crippen molar-refractivity contribution in [2.24, 2.45) is 4.99 Å². The van der Waals surface area contributed by atoms with Gasteiger partial charge < -0.3 is 23.6 Å². The molecule has 17 heteroatoms. The lowest BCUT2D eigenvalue weighted by molar-refractivity contribution is -0.197. The van der Waals surface area contributed by atoms with Gasteiger partial charge in [0.05, 0.1) is 32.7 Å². The van der Waals surface area contributed by atoms with E-state index in [1.807, 2.05) is 30.6 Å². The van der Waals surface area contributed by atoms with E-state index in [1.165, 1.54) is 0 Å². The predicted molar refractivity (Wildman–Crippen MR) is 186 cm³/mol. The van der Waals surface area contributed by atoms with Crippen LogP contribution in [0.1, 0.15) is 103 Å². The van der Waals surface area contributed by atoms with Gasteiger partial charge in [0.25, 0.3) is 11.8 Å². The Morgan fingerprint density at radius 1 is 0.962 bits per heavy atom. The van der Waals surface area contributed by atoms with Crippen molar-refractivity contribution in [3.63, 3.8) is 0 Å². The molecule has 2 unspecified atom stereocenters. The van der Waals surface area contributed by atoms with Crippen molar-refractivity contribution >= 4 is 49.4 Å². The van der Waals surface area contributed by atoms with E-state index >= 15 is 0 Å². The van der Waals surface area contributed by atoms with Gasteiger partial charge in [-0.3, -0.25) is 9.59 Å². The monoisotopic (exact) mass is 759 g/mol.